The number of carbonyl (C=O) groups is 2. The highest BCUT2D eigenvalue weighted by Crippen LogP contribution is 2.33. The Morgan fingerprint density at radius 1 is 0.587 bits per heavy atom. The van der Waals surface area contributed by atoms with E-state index < -0.39 is 116 Å². The molecule has 2 aliphatic rings. The monoisotopic (exact) mass is 1110 g/mol. The fourth-order valence-corrected chi connectivity index (χ4v) is 10.8. The first-order valence-electron chi connectivity index (χ1n) is 21.7. The first kappa shape index (κ1) is 57.4. The average Bonchev–Trinajstić information content (AvgIpc) is 3.98. The van der Waals surface area contributed by atoms with Crippen LogP contribution >= 0.6 is 0 Å². The summed E-state index contributed by atoms with van der Waals surface area (Å²) < 4.78 is 208. The number of rotatable bonds is 12. The predicted molar refractivity (Wildman–Crippen MR) is 241 cm³/mol. The maximum absolute atomic E-state index is 14.4. The number of sulfonamides is 2. The van der Waals surface area contributed by atoms with Gasteiger partial charge in [0.05, 0.1) is 39.6 Å². The molecule has 0 saturated carbocycles. The number of aliphatic carboxylic acids is 1. The summed E-state index contributed by atoms with van der Waals surface area (Å²) in [4.78, 5) is 37.6. The number of Topliss-reactive ketones (excluding diaryl/α,β-unsaturated/α-hetero) is 1. The second-order valence-electron chi connectivity index (χ2n) is 16.4. The molecule has 0 aliphatic carbocycles. The first-order chi connectivity index (χ1) is 35.1. The van der Waals surface area contributed by atoms with Gasteiger partial charge >= 0.3 is 18.3 Å². The molecule has 3 N–H and O–H groups in total. The van der Waals surface area contributed by atoms with E-state index in [2.05, 4.69) is 19.9 Å². The molecule has 2 aliphatic heterocycles. The molecule has 28 heteroatoms. The Morgan fingerprint density at radius 3 is 1.37 bits per heavy atom. The zero-order valence-electron chi connectivity index (χ0n) is 38.2. The van der Waals surface area contributed by atoms with E-state index in [0.717, 1.165) is 95.8 Å². The van der Waals surface area contributed by atoms with E-state index in [1.165, 1.54) is 18.2 Å². The topological polar surface area (TPSA) is 207 Å². The van der Waals surface area contributed by atoms with Crippen molar-refractivity contribution in [1.29, 1.82) is 0 Å². The van der Waals surface area contributed by atoms with Crippen molar-refractivity contribution in [1.82, 2.24) is 28.5 Å². The second kappa shape index (κ2) is 23.3. The van der Waals surface area contributed by atoms with Gasteiger partial charge in [0.15, 0.2) is 5.78 Å². The Hall–Kier alpha value is -6.88. The lowest BCUT2D eigenvalue weighted by Crippen LogP contribution is -2.40. The second-order valence-corrected chi connectivity index (χ2v) is 20.2. The highest BCUT2D eigenvalue weighted by atomic mass is 32.2. The number of hydrogen-bond acceptors (Lipinski definition) is 11. The fraction of sp³-hybridized carbons (Fsp3) is 0.277. The summed E-state index contributed by atoms with van der Waals surface area (Å²) in [6.45, 7) is -1.07. The van der Waals surface area contributed by atoms with E-state index in [1.807, 2.05) is 0 Å². The van der Waals surface area contributed by atoms with E-state index >= 15 is 0 Å². The molecule has 2 fully saturated rings. The molecule has 0 spiro atoms. The number of carboxylic acids is 1. The number of benzene rings is 2. The zero-order chi connectivity index (χ0) is 55.2. The Bertz CT molecular complexity index is 3210. The molecular weight excluding hydrogens is 1070 g/mol. The summed E-state index contributed by atoms with van der Waals surface area (Å²) in [7, 11) is -8.43. The van der Waals surface area contributed by atoms with Gasteiger partial charge in [-0.25, -0.2) is 43.2 Å². The fourth-order valence-electron chi connectivity index (χ4n) is 7.52. The van der Waals surface area contributed by atoms with Crippen molar-refractivity contribution in [3.8, 4) is 22.5 Å². The molecule has 400 valence electrons. The third kappa shape index (κ3) is 14.1. The van der Waals surface area contributed by atoms with Gasteiger partial charge in [0.25, 0.3) is 0 Å². The molecular formula is C47H39F12N7O7S2. The Labute approximate surface area is 419 Å². The minimum Gasteiger partial charge on any atom is -0.480 e. The van der Waals surface area contributed by atoms with Gasteiger partial charge in [-0.1, -0.05) is 0 Å². The van der Waals surface area contributed by atoms with Crippen LogP contribution < -0.4 is 5.73 Å². The van der Waals surface area contributed by atoms with Gasteiger partial charge in [0, 0.05) is 68.0 Å². The third-order valence-corrected chi connectivity index (χ3v) is 15.1. The van der Waals surface area contributed by atoms with Crippen LogP contribution in [0.1, 0.15) is 41.8 Å². The normalized spacial score (nSPS) is 18.4. The van der Waals surface area contributed by atoms with Crippen LogP contribution in [0.4, 0.5) is 52.7 Å². The van der Waals surface area contributed by atoms with Crippen molar-refractivity contribution in [2.75, 3.05) is 13.1 Å². The largest absolute Gasteiger partial charge is 0.480 e. The molecule has 6 aromatic rings. The Balaban J connectivity index is 0.000000202. The van der Waals surface area contributed by atoms with Crippen molar-refractivity contribution in [2.24, 2.45) is 5.73 Å². The highest BCUT2D eigenvalue weighted by Gasteiger charge is 2.45. The minimum absolute atomic E-state index is 0.0148. The number of aryl methyl sites for hydroxylation is 1. The summed E-state index contributed by atoms with van der Waals surface area (Å²) >= 11 is 0. The smallest absolute Gasteiger partial charge is 0.433 e. The molecule has 0 radical (unpaired) electrons. The summed E-state index contributed by atoms with van der Waals surface area (Å²) in [6, 6.07) is 11.7. The number of nitrogens with zero attached hydrogens (tertiary/aromatic N) is 6. The average molecular weight is 1110 g/mol. The van der Waals surface area contributed by atoms with Crippen LogP contribution in [-0.2, 0) is 55.0 Å². The molecule has 2 saturated heterocycles. The standard InChI is InChI=1S/C24H19F6N3O3S.C12H9F4N3.C11H11F2NO4S/c25-16-3-5-18(6-4-16)37(35,36)33-13-17(26)10-21(33)22(34)7-1-14-9-20(31-12-19(14)27)15-2-8-23(32-11-15)24(28,29)30;13-9-6-18-10(3-8(9)4-17)7-1-2-11(19-5-7)12(14,15)16;12-7-1-3-9(4-2-7)19(17,18)14-6-8(13)5-10(14)11(15)16/h2-6,8-9,11-12,17,21H,1,7,10,13H2;1-3,5-6H,4,17H2;1-4,8,10H,5-6H2,(H,15,16)/t17-,21+;;8-,10+/m1.1/s1. The summed E-state index contributed by atoms with van der Waals surface area (Å²) in [5, 5.41) is 8.92. The molecule has 75 heavy (non-hydrogen) atoms. The molecule has 14 nitrogen and oxygen atoms in total. The molecule has 0 bridgehead atoms. The number of carboxylic acid groups (broad SMARTS) is 1. The van der Waals surface area contributed by atoms with E-state index in [1.54, 1.807) is 0 Å². The van der Waals surface area contributed by atoms with Gasteiger partial charge in [0.1, 0.15) is 53.0 Å². The van der Waals surface area contributed by atoms with Gasteiger partial charge in [-0.05, 0) is 96.9 Å². The molecule has 4 aromatic heterocycles. The number of alkyl halides is 8. The highest BCUT2D eigenvalue weighted by molar-refractivity contribution is 7.89. The maximum atomic E-state index is 14.4. The minimum atomic E-state index is -4.63. The SMILES string of the molecule is NCc1cc(-c2ccc(C(F)(F)F)nc2)ncc1F.O=C(CCc1cc(-c2ccc(C(F)(F)F)nc2)ncc1F)[C@@H]1C[C@@H](F)CN1S(=O)(=O)c1ccc(F)cc1.O=C(O)[C@@H]1C[C@@H](F)CN1S(=O)(=O)c1ccc(F)cc1. The number of carbonyl (C=O) groups excluding carboxylic acids is 1. The third-order valence-electron chi connectivity index (χ3n) is 11.3. The van der Waals surface area contributed by atoms with Gasteiger partial charge in [-0.2, -0.15) is 35.0 Å². The van der Waals surface area contributed by atoms with Crippen LogP contribution in [0.25, 0.3) is 22.5 Å². The zero-order valence-corrected chi connectivity index (χ0v) is 39.8. The van der Waals surface area contributed by atoms with Gasteiger partial charge < -0.3 is 10.8 Å². The van der Waals surface area contributed by atoms with Gasteiger partial charge in [-0.15, -0.1) is 0 Å². The molecule has 8 rings (SSSR count). The predicted octanol–water partition coefficient (Wildman–Crippen LogP) is 8.52. The number of pyridine rings is 4. The lowest BCUT2D eigenvalue weighted by molar-refractivity contribution is -0.141. The lowest BCUT2D eigenvalue weighted by Gasteiger charge is -2.23. The number of hydrogen-bond donors (Lipinski definition) is 2. The molecule has 0 unspecified atom stereocenters. The number of halogens is 12. The van der Waals surface area contributed by atoms with Crippen LogP contribution in [0, 0.1) is 23.3 Å². The molecule has 6 heterocycles. The van der Waals surface area contributed by atoms with E-state index in [4.69, 9.17) is 10.8 Å². The van der Waals surface area contributed by atoms with Crippen LogP contribution in [0.5, 0.6) is 0 Å². The van der Waals surface area contributed by atoms with Crippen molar-refractivity contribution in [3.05, 3.63) is 156 Å². The summed E-state index contributed by atoms with van der Waals surface area (Å²) in [6.07, 6.45) is -9.69. The molecule has 2 aromatic carbocycles. The van der Waals surface area contributed by atoms with Crippen molar-refractivity contribution >= 4 is 31.8 Å². The summed E-state index contributed by atoms with van der Waals surface area (Å²) in [5.74, 6) is -4.64. The van der Waals surface area contributed by atoms with Crippen LogP contribution in [0.2, 0.25) is 0 Å². The van der Waals surface area contributed by atoms with Gasteiger partial charge in [0.2, 0.25) is 20.0 Å². The number of nitrogens with two attached hydrogens (primary N) is 1. The first-order valence-corrected chi connectivity index (χ1v) is 24.6. The van der Waals surface area contributed by atoms with E-state index in [-0.39, 0.29) is 64.4 Å². The number of ketones is 1. The Kier molecular flexibility index (Phi) is 17.9. The van der Waals surface area contributed by atoms with Gasteiger partial charge in [-0.3, -0.25) is 29.5 Å². The van der Waals surface area contributed by atoms with Crippen molar-refractivity contribution in [3.63, 3.8) is 0 Å². The molecule has 0 amide bonds. The van der Waals surface area contributed by atoms with Crippen LogP contribution in [0.3, 0.4) is 0 Å². The summed E-state index contributed by atoms with van der Waals surface area (Å²) in [5.41, 5.74) is 4.50. The van der Waals surface area contributed by atoms with Crippen LogP contribution in [-0.4, -0.2) is 99.8 Å². The van der Waals surface area contributed by atoms with Crippen molar-refractivity contribution in [2.45, 2.75) is 78.8 Å². The van der Waals surface area contributed by atoms with E-state index in [9.17, 15) is 79.1 Å². The van der Waals surface area contributed by atoms with Crippen molar-refractivity contribution < 1.29 is 84.2 Å². The maximum Gasteiger partial charge on any atom is 0.433 e. The molecule has 4 atom stereocenters. The van der Waals surface area contributed by atoms with E-state index in [0.29, 0.717) is 15.6 Å². The quantitative estimate of drug-likeness (QED) is 0.111. The number of aromatic nitrogens is 4. The lowest BCUT2D eigenvalue weighted by atomic mass is 10.0. The Morgan fingerprint density at radius 2 is 0.987 bits per heavy atom. The van der Waals surface area contributed by atoms with Crippen LogP contribution in [0.15, 0.2) is 120 Å².